The van der Waals surface area contributed by atoms with Gasteiger partial charge >= 0.3 is 5.97 Å². The van der Waals surface area contributed by atoms with Crippen molar-refractivity contribution in [3.8, 4) is 0 Å². The fraction of sp³-hybridized carbons (Fsp3) is 0.500. The Hall–Kier alpha value is -3.96. The first-order valence-electron chi connectivity index (χ1n) is 18.7. The van der Waals surface area contributed by atoms with Crippen LogP contribution in [0.2, 0.25) is 0 Å². The number of ether oxygens (including phenoxy) is 1. The van der Waals surface area contributed by atoms with Gasteiger partial charge in [-0.15, -0.1) is 12.4 Å². The molecule has 0 saturated carbocycles. The quantitative estimate of drug-likeness (QED) is 0.0765. The molecule has 3 aromatic carbocycles. The number of aryl methyl sites for hydroxylation is 3. The number of hydrogen-bond donors (Lipinski definition) is 4. The zero-order valence-electron chi connectivity index (χ0n) is 33.9. The van der Waals surface area contributed by atoms with Crippen LogP contribution in [0.1, 0.15) is 80.9 Å². The van der Waals surface area contributed by atoms with E-state index in [0.29, 0.717) is 18.7 Å². The van der Waals surface area contributed by atoms with Gasteiger partial charge in [-0.25, -0.2) is 4.79 Å². The first-order chi connectivity index (χ1) is 24.9. The van der Waals surface area contributed by atoms with Crippen LogP contribution >= 0.6 is 12.4 Å². The topological polar surface area (TPSA) is 115 Å². The standard InChI is InChI=1S/C15H24N2O2.C14H22N2O.C13H20N2O.ClH/c1-4-5-10-16-14-8-6-13(7-9-14)15(18)19-12-11-17(2)3;1-5-16(6-2)10-13(17)15-14-11(3)8-7-9-12(14)4;1-4-9-14-11(3)13(16)15-12-8-6-5-7-10(12)2;/h6-9,16H,4-5,10-12H2,1-3H3;7-9H,5-6,10H2,1-4H3,(H,15,17);5-8,11,14H,4,9H2,1-3H3,(H,15,16);1H. The minimum Gasteiger partial charge on any atom is -0.461 e. The lowest BCUT2D eigenvalue weighted by molar-refractivity contribution is -0.118. The molecule has 0 saturated heterocycles. The summed E-state index contributed by atoms with van der Waals surface area (Å²) in [7, 11) is 3.90. The predicted molar refractivity (Wildman–Crippen MR) is 226 cm³/mol. The molecule has 53 heavy (non-hydrogen) atoms. The van der Waals surface area contributed by atoms with Crippen molar-refractivity contribution in [1.82, 2.24) is 15.1 Å². The summed E-state index contributed by atoms with van der Waals surface area (Å²) in [5.41, 5.74) is 6.77. The van der Waals surface area contributed by atoms with Crippen LogP contribution in [0.3, 0.4) is 0 Å². The average molecular weight is 755 g/mol. The average Bonchev–Trinajstić information content (AvgIpc) is 3.12. The number of para-hydroxylation sites is 2. The zero-order valence-corrected chi connectivity index (χ0v) is 34.8. The van der Waals surface area contributed by atoms with E-state index in [9.17, 15) is 14.4 Å². The molecule has 3 aromatic rings. The maximum Gasteiger partial charge on any atom is 0.338 e. The second-order valence-electron chi connectivity index (χ2n) is 13.1. The maximum absolute atomic E-state index is 11.9. The molecule has 1 unspecified atom stereocenters. The lowest BCUT2D eigenvalue weighted by Gasteiger charge is -2.18. The van der Waals surface area contributed by atoms with Gasteiger partial charge in [0.15, 0.2) is 0 Å². The van der Waals surface area contributed by atoms with E-state index in [0.717, 1.165) is 79.3 Å². The van der Waals surface area contributed by atoms with Crippen LogP contribution in [0.15, 0.2) is 66.7 Å². The highest BCUT2D eigenvalue weighted by atomic mass is 35.5. The van der Waals surface area contributed by atoms with E-state index in [4.69, 9.17) is 4.74 Å². The van der Waals surface area contributed by atoms with Crippen molar-refractivity contribution in [1.29, 1.82) is 0 Å². The predicted octanol–water partition coefficient (Wildman–Crippen LogP) is 7.94. The van der Waals surface area contributed by atoms with Crippen molar-refractivity contribution < 1.29 is 19.1 Å². The number of halogens is 1. The molecule has 0 fully saturated rings. The highest BCUT2D eigenvalue weighted by molar-refractivity contribution is 5.95. The largest absolute Gasteiger partial charge is 0.461 e. The number of likely N-dealkylation sites (N-methyl/N-ethyl adjacent to an activating group) is 2. The van der Waals surface area contributed by atoms with Gasteiger partial charge in [-0.05, 0) is 121 Å². The van der Waals surface area contributed by atoms with E-state index in [-0.39, 0.29) is 36.2 Å². The fourth-order valence-electron chi connectivity index (χ4n) is 4.79. The highest BCUT2D eigenvalue weighted by Crippen LogP contribution is 2.19. The molecule has 3 rings (SSSR count). The Morgan fingerprint density at radius 1 is 0.755 bits per heavy atom. The number of esters is 1. The molecule has 11 heteroatoms. The Balaban J connectivity index is 0.000000761. The summed E-state index contributed by atoms with van der Waals surface area (Å²) in [5.74, 6) is -0.184. The van der Waals surface area contributed by atoms with Crippen molar-refractivity contribution in [3.05, 3.63) is 89.0 Å². The van der Waals surface area contributed by atoms with Crippen molar-refractivity contribution in [2.45, 2.75) is 80.7 Å². The summed E-state index contributed by atoms with van der Waals surface area (Å²) >= 11 is 0. The minimum atomic E-state index is -0.262. The summed E-state index contributed by atoms with van der Waals surface area (Å²) in [6, 6.07) is 21.1. The van der Waals surface area contributed by atoms with Crippen molar-refractivity contribution in [2.75, 3.05) is 75.9 Å². The minimum absolute atomic E-state index is 0. The maximum atomic E-state index is 11.9. The van der Waals surface area contributed by atoms with Gasteiger partial charge in [0, 0.05) is 30.2 Å². The van der Waals surface area contributed by atoms with Crippen LogP contribution in [0.25, 0.3) is 0 Å². The van der Waals surface area contributed by atoms with Gasteiger partial charge in [-0.1, -0.05) is 70.5 Å². The van der Waals surface area contributed by atoms with Crippen LogP contribution in [-0.4, -0.2) is 93.6 Å². The molecule has 1 atom stereocenters. The zero-order chi connectivity index (χ0) is 38.9. The summed E-state index contributed by atoms with van der Waals surface area (Å²) in [6.07, 6.45) is 3.35. The molecular formula is C42H67ClN6O4. The van der Waals surface area contributed by atoms with Gasteiger partial charge in [0.05, 0.1) is 18.2 Å². The third-order valence-corrected chi connectivity index (χ3v) is 8.26. The molecule has 0 bridgehead atoms. The number of rotatable bonds is 18. The lowest BCUT2D eigenvalue weighted by atomic mass is 10.1. The number of carbonyl (C=O) groups excluding carboxylic acids is 3. The molecule has 0 aliphatic heterocycles. The van der Waals surface area contributed by atoms with Gasteiger partial charge in [0.1, 0.15) is 6.61 Å². The first kappa shape index (κ1) is 49.0. The molecule has 0 aromatic heterocycles. The molecule has 0 aliphatic carbocycles. The second-order valence-corrected chi connectivity index (χ2v) is 13.1. The Morgan fingerprint density at radius 3 is 1.91 bits per heavy atom. The Morgan fingerprint density at radius 2 is 1.36 bits per heavy atom. The SMILES string of the molecule is CCCCNc1ccc(C(=O)OCCN(C)C)cc1.CCCNC(C)C(=O)Nc1ccccc1C.CCN(CC)CC(=O)Nc1c(C)cccc1C.Cl. The monoisotopic (exact) mass is 754 g/mol. The fourth-order valence-corrected chi connectivity index (χ4v) is 4.79. The summed E-state index contributed by atoms with van der Waals surface area (Å²) in [4.78, 5) is 39.5. The van der Waals surface area contributed by atoms with E-state index in [1.165, 1.54) is 6.42 Å². The van der Waals surface area contributed by atoms with Gasteiger partial charge in [-0.2, -0.15) is 0 Å². The summed E-state index contributed by atoms with van der Waals surface area (Å²) < 4.78 is 5.18. The van der Waals surface area contributed by atoms with Gasteiger partial charge in [-0.3, -0.25) is 14.5 Å². The van der Waals surface area contributed by atoms with Crippen LogP contribution in [0.4, 0.5) is 17.1 Å². The highest BCUT2D eigenvalue weighted by Gasteiger charge is 2.13. The smallest absolute Gasteiger partial charge is 0.338 e. The number of unbranched alkanes of at least 4 members (excludes halogenated alkanes) is 1. The molecule has 0 heterocycles. The molecule has 10 nitrogen and oxygen atoms in total. The van der Waals surface area contributed by atoms with E-state index in [2.05, 4.69) is 53.9 Å². The number of nitrogens with zero attached hydrogens (tertiary/aromatic N) is 2. The Bertz CT molecular complexity index is 1440. The molecule has 4 N–H and O–H groups in total. The van der Waals surface area contributed by atoms with Crippen LogP contribution in [-0.2, 0) is 14.3 Å². The third-order valence-electron chi connectivity index (χ3n) is 8.26. The van der Waals surface area contributed by atoms with Gasteiger partial charge in [0.25, 0.3) is 0 Å². The van der Waals surface area contributed by atoms with Crippen molar-refractivity contribution in [3.63, 3.8) is 0 Å². The number of amides is 2. The van der Waals surface area contributed by atoms with Crippen LogP contribution < -0.4 is 21.3 Å². The van der Waals surface area contributed by atoms with Gasteiger partial charge < -0.3 is 30.9 Å². The molecule has 0 aliphatic rings. The number of benzene rings is 3. The number of carbonyl (C=O) groups is 3. The number of nitrogens with one attached hydrogen (secondary N) is 4. The van der Waals surface area contributed by atoms with Crippen molar-refractivity contribution in [2.24, 2.45) is 0 Å². The van der Waals surface area contributed by atoms with Crippen LogP contribution in [0, 0.1) is 20.8 Å². The first-order valence-corrected chi connectivity index (χ1v) is 18.7. The third kappa shape index (κ3) is 20.8. The molecular weight excluding hydrogens is 688 g/mol. The Labute approximate surface area is 326 Å². The number of anilines is 3. The second kappa shape index (κ2) is 28.5. The molecule has 0 spiro atoms. The van der Waals surface area contributed by atoms with E-state index < -0.39 is 0 Å². The Kier molecular flexibility index (Phi) is 26.4. The molecule has 2 amide bonds. The van der Waals surface area contributed by atoms with Crippen LogP contribution in [0.5, 0.6) is 0 Å². The summed E-state index contributed by atoms with van der Waals surface area (Å²) in [5, 5.41) is 12.4. The van der Waals surface area contributed by atoms with Crippen molar-refractivity contribution >= 4 is 47.3 Å². The molecule has 296 valence electrons. The summed E-state index contributed by atoms with van der Waals surface area (Å²) in [6.45, 7) is 21.5. The van der Waals surface area contributed by atoms with E-state index in [1.807, 2.05) is 101 Å². The van der Waals surface area contributed by atoms with E-state index in [1.54, 1.807) is 12.1 Å². The number of hydrogen-bond acceptors (Lipinski definition) is 8. The molecule has 0 radical (unpaired) electrons. The lowest BCUT2D eigenvalue weighted by Crippen LogP contribution is -2.38. The van der Waals surface area contributed by atoms with E-state index >= 15 is 0 Å². The normalized spacial score (nSPS) is 10.9. The van der Waals surface area contributed by atoms with Gasteiger partial charge in [0.2, 0.25) is 11.8 Å².